The Morgan fingerprint density at radius 3 is 3.00 bits per heavy atom. The molecule has 5 nitrogen and oxygen atoms in total. The van der Waals surface area contributed by atoms with Gasteiger partial charge in [-0.25, -0.2) is 4.79 Å². The summed E-state index contributed by atoms with van der Waals surface area (Å²) in [5.74, 6) is 0. The van der Waals surface area contributed by atoms with Crippen LogP contribution < -0.4 is 10.6 Å². The van der Waals surface area contributed by atoms with Crippen LogP contribution in [0.1, 0.15) is 19.8 Å². The number of carbonyl (C=O) groups is 1. The minimum Gasteiger partial charge on any atom is -0.453 e. The average Bonchev–Trinajstić information content (AvgIpc) is 2.76. The smallest absolute Gasteiger partial charge is 0.407 e. The number of hydrogen-bond acceptors (Lipinski definition) is 4. The molecule has 0 spiro atoms. The van der Waals surface area contributed by atoms with Gasteiger partial charge in [0, 0.05) is 32.2 Å². The molecule has 1 unspecified atom stereocenters. The number of carbonyl (C=O) groups excluding carboxylic acids is 1. The Labute approximate surface area is 110 Å². The first kappa shape index (κ1) is 15.0. The molecular formula is C13H25N3O2. The quantitative estimate of drug-likeness (QED) is 0.526. The van der Waals surface area contributed by atoms with Crippen LogP contribution in [0.3, 0.4) is 0 Å². The van der Waals surface area contributed by atoms with Crippen LogP contribution in [0.25, 0.3) is 0 Å². The van der Waals surface area contributed by atoms with Crippen molar-refractivity contribution < 1.29 is 9.53 Å². The maximum atomic E-state index is 11.1. The fraction of sp³-hybridized carbons (Fsp3) is 0.769. The summed E-state index contributed by atoms with van der Waals surface area (Å²) in [5.41, 5.74) is 1.20. The molecule has 0 aromatic carbocycles. The van der Waals surface area contributed by atoms with Crippen molar-refractivity contribution in [1.82, 2.24) is 15.5 Å². The molecule has 1 amide bonds. The Morgan fingerprint density at radius 2 is 2.33 bits per heavy atom. The third-order valence-electron chi connectivity index (χ3n) is 3.03. The molecule has 0 radical (unpaired) electrons. The normalized spacial score (nSPS) is 19.8. The molecule has 104 valence electrons. The number of rotatable bonds is 7. The molecule has 5 heteroatoms. The minimum atomic E-state index is -0.342. The highest BCUT2D eigenvalue weighted by Gasteiger charge is 2.23. The predicted molar refractivity (Wildman–Crippen MR) is 72.7 cm³/mol. The van der Waals surface area contributed by atoms with Crippen molar-refractivity contribution in [1.29, 1.82) is 0 Å². The van der Waals surface area contributed by atoms with E-state index in [1.54, 1.807) is 0 Å². The van der Waals surface area contributed by atoms with Crippen LogP contribution in [0, 0.1) is 0 Å². The maximum Gasteiger partial charge on any atom is 0.407 e. The molecule has 0 aliphatic carbocycles. The summed E-state index contributed by atoms with van der Waals surface area (Å²) in [7, 11) is 1.39. The Hall–Kier alpha value is -1.07. The highest BCUT2D eigenvalue weighted by atomic mass is 16.5. The molecule has 0 aromatic rings. The van der Waals surface area contributed by atoms with E-state index in [0.29, 0.717) is 0 Å². The van der Waals surface area contributed by atoms with Crippen molar-refractivity contribution in [3.63, 3.8) is 0 Å². The second-order valence-electron chi connectivity index (χ2n) is 4.78. The number of alkyl carbamates (subject to hydrolysis) is 1. The summed E-state index contributed by atoms with van der Waals surface area (Å²) in [4.78, 5) is 13.4. The van der Waals surface area contributed by atoms with Crippen LogP contribution in [-0.2, 0) is 4.74 Å². The molecule has 0 saturated carbocycles. The van der Waals surface area contributed by atoms with Crippen molar-refractivity contribution in [3.8, 4) is 0 Å². The summed E-state index contributed by atoms with van der Waals surface area (Å²) in [6.07, 6.45) is 1.78. The number of amides is 1. The molecule has 1 heterocycles. The van der Waals surface area contributed by atoms with Gasteiger partial charge in [-0.15, -0.1) is 0 Å². The van der Waals surface area contributed by atoms with Crippen LogP contribution in [0.2, 0.25) is 0 Å². The second-order valence-corrected chi connectivity index (χ2v) is 4.78. The van der Waals surface area contributed by atoms with Crippen molar-refractivity contribution >= 4 is 6.09 Å². The number of ether oxygens (including phenoxy) is 1. The maximum absolute atomic E-state index is 11.1. The minimum absolute atomic E-state index is 0.203. The molecule has 0 bridgehead atoms. The van der Waals surface area contributed by atoms with Gasteiger partial charge >= 0.3 is 6.09 Å². The van der Waals surface area contributed by atoms with E-state index in [2.05, 4.69) is 33.8 Å². The topological polar surface area (TPSA) is 53.6 Å². The molecule has 1 saturated heterocycles. The zero-order valence-electron chi connectivity index (χ0n) is 11.5. The third-order valence-corrected chi connectivity index (χ3v) is 3.03. The molecular weight excluding hydrogens is 230 g/mol. The largest absolute Gasteiger partial charge is 0.453 e. The zero-order chi connectivity index (χ0) is 13.4. The van der Waals surface area contributed by atoms with Crippen LogP contribution in [-0.4, -0.2) is 56.9 Å². The molecule has 1 fully saturated rings. The number of nitrogens with one attached hydrogen (secondary N) is 2. The number of nitrogens with zero attached hydrogens (tertiary/aromatic N) is 1. The summed E-state index contributed by atoms with van der Waals surface area (Å²) in [5, 5.41) is 6.18. The SMILES string of the molecule is C=C(CNCCC)CN1CCC(NC(=O)OC)C1. The highest BCUT2D eigenvalue weighted by Crippen LogP contribution is 2.10. The van der Waals surface area contributed by atoms with Crippen molar-refractivity contribution in [2.45, 2.75) is 25.8 Å². The molecule has 1 aliphatic rings. The monoisotopic (exact) mass is 255 g/mol. The summed E-state index contributed by atoms with van der Waals surface area (Å²) < 4.78 is 4.60. The molecule has 0 aromatic heterocycles. The first-order valence-electron chi connectivity index (χ1n) is 6.60. The van der Waals surface area contributed by atoms with Gasteiger partial charge in [-0.2, -0.15) is 0 Å². The predicted octanol–water partition coefficient (Wildman–Crippen LogP) is 0.973. The zero-order valence-corrected chi connectivity index (χ0v) is 11.5. The summed E-state index contributed by atoms with van der Waals surface area (Å²) in [6.45, 7) is 10.9. The van der Waals surface area contributed by atoms with Crippen LogP contribution in [0.5, 0.6) is 0 Å². The first-order valence-corrected chi connectivity index (χ1v) is 6.60. The second kappa shape index (κ2) is 8.11. The number of methoxy groups -OCH3 is 1. The molecule has 1 rings (SSSR count). The number of likely N-dealkylation sites (tertiary alicyclic amines) is 1. The van der Waals surface area contributed by atoms with E-state index < -0.39 is 0 Å². The fourth-order valence-corrected chi connectivity index (χ4v) is 2.13. The van der Waals surface area contributed by atoms with Gasteiger partial charge in [-0.3, -0.25) is 4.90 Å². The average molecular weight is 255 g/mol. The van der Waals surface area contributed by atoms with E-state index in [0.717, 1.165) is 45.6 Å². The Balaban J connectivity index is 2.17. The standard InChI is InChI=1S/C13H25N3O2/c1-4-6-14-8-11(2)9-16-7-5-12(10-16)15-13(17)18-3/h12,14H,2,4-10H2,1,3H3,(H,15,17). The lowest BCUT2D eigenvalue weighted by molar-refractivity contribution is 0.166. The van der Waals surface area contributed by atoms with Gasteiger partial charge in [-0.1, -0.05) is 13.5 Å². The summed E-state index contributed by atoms with van der Waals surface area (Å²) >= 11 is 0. The van der Waals surface area contributed by atoms with Crippen LogP contribution in [0.15, 0.2) is 12.2 Å². The van der Waals surface area contributed by atoms with Crippen molar-refractivity contribution in [3.05, 3.63) is 12.2 Å². The van der Waals surface area contributed by atoms with Gasteiger partial charge in [-0.05, 0) is 25.0 Å². The van der Waals surface area contributed by atoms with Gasteiger partial charge in [0.05, 0.1) is 7.11 Å². The molecule has 1 aliphatic heterocycles. The van der Waals surface area contributed by atoms with E-state index in [9.17, 15) is 4.79 Å². The van der Waals surface area contributed by atoms with Crippen LogP contribution >= 0.6 is 0 Å². The lowest BCUT2D eigenvalue weighted by atomic mass is 10.2. The van der Waals surface area contributed by atoms with E-state index in [-0.39, 0.29) is 12.1 Å². The Morgan fingerprint density at radius 1 is 1.56 bits per heavy atom. The molecule has 2 N–H and O–H groups in total. The van der Waals surface area contributed by atoms with E-state index in [1.807, 2.05) is 0 Å². The molecule has 1 atom stereocenters. The van der Waals surface area contributed by atoms with E-state index in [4.69, 9.17) is 0 Å². The highest BCUT2D eigenvalue weighted by molar-refractivity contribution is 5.67. The van der Waals surface area contributed by atoms with Crippen molar-refractivity contribution in [2.75, 3.05) is 39.8 Å². The Kier molecular flexibility index (Phi) is 6.75. The van der Waals surface area contributed by atoms with Gasteiger partial charge in [0.25, 0.3) is 0 Å². The van der Waals surface area contributed by atoms with Gasteiger partial charge in [0.1, 0.15) is 0 Å². The summed E-state index contributed by atoms with van der Waals surface area (Å²) in [6, 6.07) is 0.203. The van der Waals surface area contributed by atoms with E-state index in [1.165, 1.54) is 12.7 Å². The van der Waals surface area contributed by atoms with Crippen molar-refractivity contribution in [2.24, 2.45) is 0 Å². The Bertz CT molecular complexity index is 281. The lowest BCUT2D eigenvalue weighted by Crippen LogP contribution is -2.37. The molecule has 18 heavy (non-hydrogen) atoms. The van der Waals surface area contributed by atoms with Gasteiger partial charge < -0.3 is 15.4 Å². The van der Waals surface area contributed by atoms with E-state index >= 15 is 0 Å². The number of hydrogen-bond donors (Lipinski definition) is 2. The van der Waals surface area contributed by atoms with Crippen LogP contribution in [0.4, 0.5) is 4.79 Å². The first-order chi connectivity index (χ1) is 8.65. The fourth-order valence-electron chi connectivity index (χ4n) is 2.13. The third kappa shape index (κ3) is 5.51. The van der Waals surface area contributed by atoms with Gasteiger partial charge in [0.15, 0.2) is 0 Å². The lowest BCUT2D eigenvalue weighted by Gasteiger charge is -2.18. The van der Waals surface area contributed by atoms with Gasteiger partial charge in [0.2, 0.25) is 0 Å².